The molecule has 2 saturated carbocycles. The number of carbonyl (C=O) groups is 1. The lowest BCUT2D eigenvalue weighted by Gasteiger charge is -2.62. The number of carbonyl (C=O) groups excluding carboxylic acids is 1. The molecule has 0 radical (unpaired) electrons. The van der Waals surface area contributed by atoms with E-state index in [1.165, 1.54) is 57.8 Å². The van der Waals surface area contributed by atoms with Gasteiger partial charge in [-0.1, -0.05) is 52.7 Å². The molecule has 1 aliphatic heterocycles. The zero-order valence-corrected chi connectivity index (χ0v) is 24.3. The molecule has 0 aromatic heterocycles. The van der Waals surface area contributed by atoms with Gasteiger partial charge in [-0.2, -0.15) is 0 Å². The first-order valence-electron chi connectivity index (χ1n) is 14.8. The second-order valence-electron chi connectivity index (χ2n) is 15.3. The van der Waals surface area contributed by atoms with E-state index in [1.807, 2.05) is 11.1 Å². The molecular weight excluding hydrogens is 430 g/mol. The van der Waals surface area contributed by atoms with Crippen molar-refractivity contribution < 1.29 is 9.53 Å². The van der Waals surface area contributed by atoms with E-state index in [2.05, 4.69) is 60.7 Å². The lowest BCUT2D eigenvalue weighted by Crippen LogP contribution is -2.55. The fraction of sp³-hybridized carbons (Fsp3) is 0.906. The number of esters is 1. The maximum atomic E-state index is 11.8. The molecule has 5 aliphatic rings. The zero-order valence-electron chi connectivity index (χ0n) is 24.3. The van der Waals surface area contributed by atoms with Gasteiger partial charge in [0.05, 0.1) is 0 Å². The van der Waals surface area contributed by atoms with Crippen molar-refractivity contribution in [1.82, 2.24) is 5.32 Å². The van der Waals surface area contributed by atoms with Crippen molar-refractivity contribution in [2.75, 3.05) is 0 Å². The number of rotatable bonds is 5. The first-order chi connectivity index (χ1) is 16.2. The van der Waals surface area contributed by atoms with E-state index in [0.29, 0.717) is 22.3 Å². The van der Waals surface area contributed by atoms with Crippen molar-refractivity contribution in [2.24, 2.45) is 39.4 Å². The monoisotopic (exact) mass is 483 g/mol. The Bertz CT molecular complexity index is 917. The summed E-state index contributed by atoms with van der Waals surface area (Å²) in [5.74, 6) is 2.15. The number of fused-ring (bicyclic) bond motifs is 4. The molecule has 0 aromatic carbocycles. The summed E-state index contributed by atoms with van der Waals surface area (Å²) in [6.07, 6.45) is 12.9. The summed E-state index contributed by atoms with van der Waals surface area (Å²) in [7, 11) is 0. The normalized spacial score (nSPS) is 46.3. The highest BCUT2D eigenvalue weighted by molar-refractivity contribution is 5.66. The van der Waals surface area contributed by atoms with Crippen LogP contribution in [0.1, 0.15) is 127 Å². The summed E-state index contributed by atoms with van der Waals surface area (Å²) in [6, 6.07) is 0.729. The fourth-order valence-corrected chi connectivity index (χ4v) is 10.5. The summed E-state index contributed by atoms with van der Waals surface area (Å²) in [4.78, 5) is 11.8. The van der Waals surface area contributed by atoms with Crippen LogP contribution in [0, 0.1) is 39.4 Å². The Morgan fingerprint density at radius 1 is 0.971 bits per heavy atom. The highest BCUT2D eigenvalue weighted by Crippen LogP contribution is 2.72. The Balaban J connectivity index is 1.40. The summed E-state index contributed by atoms with van der Waals surface area (Å²) in [5, 5.41) is 3.68. The van der Waals surface area contributed by atoms with E-state index in [1.54, 1.807) is 6.92 Å². The largest absolute Gasteiger partial charge is 0.462 e. The first kappa shape index (κ1) is 25.8. The quantitative estimate of drug-likeness (QED) is 0.246. The van der Waals surface area contributed by atoms with Crippen molar-refractivity contribution in [3.8, 4) is 0 Å². The molecule has 0 unspecified atom stereocenters. The third kappa shape index (κ3) is 3.71. The predicted octanol–water partition coefficient (Wildman–Crippen LogP) is 7.83. The molecule has 0 spiro atoms. The van der Waals surface area contributed by atoms with Gasteiger partial charge in [0.15, 0.2) is 0 Å². The Labute approximate surface area is 215 Å². The van der Waals surface area contributed by atoms with Gasteiger partial charge in [0.25, 0.3) is 0 Å². The van der Waals surface area contributed by atoms with Crippen molar-refractivity contribution in [3.05, 3.63) is 11.1 Å². The van der Waals surface area contributed by atoms with Gasteiger partial charge in [-0.3, -0.25) is 4.79 Å². The third-order valence-corrected chi connectivity index (χ3v) is 13.0. The second-order valence-corrected chi connectivity index (χ2v) is 15.3. The van der Waals surface area contributed by atoms with Crippen LogP contribution in [0.15, 0.2) is 11.1 Å². The molecule has 35 heavy (non-hydrogen) atoms. The topological polar surface area (TPSA) is 48.2 Å². The highest BCUT2D eigenvalue weighted by Gasteiger charge is 2.63. The molecule has 8 atom stereocenters. The van der Waals surface area contributed by atoms with Crippen LogP contribution in [0.2, 0.25) is 0 Å². The zero-order chi connectivity index (χ0) is 25.6. The lowest BCUT2D eigenvalue weighted by molar-refractivity contribution is -0.167. The van der Waals surface area contributed by atoms with E-state index >= 15 is 0 Å². The Morgan fingerprint density at radius 3 is 2.29 bits per heavy atom. The molecule has 1 saturated heterocycles. The fourth-order valence-electron chi connectivity index (χ4n) is 10.5. The SMILES string of the molecule is CC(=O)O[C@@H]1CC[C@]2(C)C3=C(CC[C@@H]2C1(C)C)[C@]1(C)CC[C@H]([C@H](C)CC[C@@H]2NC2(C)C)[C@]1(C)CC3. The molecule has 3 fully saturated rings. The maximum Gasteiger partial charge on any atom is 0.302 e. The van der Waals surface area contributed by atoms with Gasteiger partial charge in [0, 0.05) is 23.9 Å². The average Bonchev–Trinajstić information content (AvgIpc) is 3.26. The summed E-state index contributed by atoms with van der Waals surface area (Å²) >= 11 is 0. The number of hydrogen-bond donors (Lipinski definition) is 1. The molecule has 5 rings (SSSR count). The van der Waals surface area contributed by atoms with Gasteiger partial charge in [-0.15, -0.1) is 0 Å². The van der Waals surface area contributed by atoms with Crippen LogP contribution in [-0.2, 0) is 9.53 Å². The van der Waals surface area contributed by atoms with Crippen molar-refractivity contribution in [3.63, 3.8) is 0 Å². The van der Waals surface area contributed by atoms with Crippen LogP contribution < -0.4 is 5.32 Å². The van der Waals surface area contributed by atoms with Crippen molar-refractivity contribution in [1.29, 1.82) is 0 Å². The summed E-state index contributed by atoms with van der Waals surface area (Å²) in [6.45, 7) is 21.5. The maximum absolute atomic E-state index is 11.8. The minimum Gasteiger partial charge on any atom is -0.462 e. The highest BCUT2D eigenvalue weighted by atomic mass is 16.5. The molecule has 3 nitrogen and oxygen atoms in total. The van der Waals surface area contributed by atoms with Crippen LogP contribution in [0.4, 0.5) is 0 Å². The predicted molar refractivity (Wildman–Crippen MR) is 144 cm³/mol. The van der Waals surface area contributed by atoms with E-state index < -0.39 is 0 Å². The molecule has 1 N–H and O–H groups in total. The molecule has 4 aliphatic carbocycles. The van der Waals surface area contributed by atoms with E-state index in [9.17, 15) is 4.79 Å². The smallest absolute Gasteiger partial charge is 0.302 e. The average molecular weight is 484 g/mol. The minimum absolute atomic E-state index is 0.0379. The van der Waals surface area contributed by atoms with Gasteiger partial charge < -0.3 is 10.1 Å². The van der Waals surface area contributed by atoms with Crippen LogP contribution in [-0.4, -0.2) is 23.7 Å². The minimum atomic E-state index is -0.115. The van der Waals surface area contributed by atoms with Crippen LogP contribution in [0.25, 0.3) is 0 Å². The molecule has 3 heteroatoms. The number of hydrogen-bond acceptors (Lipinski definition) is 3. The van der Waals surface area contributed by atoms with E-state index in [4.69, 9.17) is 4.74 Å². The number of allylic oxidation sites excluding steroid dienone is 2. The van der Waals surface area contributed by atoms with Gasteiger partial charge in [-0.05, 0) is 112 Å². The van der Waals surface area contributed by atoms with Crippen LogP contribution in [0.3, 0.4) is 0 Å². The van der Waals surface area contributed by atoms with Gasteiger partial charge >= 0.3 is 5.97 Å². The van der Waals surface area contributed by atoms with Crippen LogP contribution in [0.5, 0.6) is 0 Å². The molecule has 0 bridgehead atoms. The Morgan fingerprint density at radius 2 is 1.66 bits per heavy atom. The summed E-state index contributed by atoms with van der Waals surface area (Å²) in [5.41, 5.74) is 5.18. The molecule has 1 heterocycles. The molecule has 0 amide bonds. The van der Waals surface area contributed by atoms with Gasteiger partial charge in [0.1, 0.15) is 6.10 Å². The number of nitrogens with one attached hydrogen (secondary N) is 1. The lowest BCUT2D eigenvalue weighted by atomic mass is 9.43. The van der Waals surface area contributed by atoms with Crippen LogP contribution >= 0.6 is 0 Å². The first-order valence-corrected chi connectivity index (χ1v) is 14.8. The molecule has 198 valence electrons. The van der Waals surface area contributed by atoms with Crippen molar-refractivity contribution >= 4 is 5.97 Å². The summed E-state index contributed by atoms with van der Waals surface area (Å²) < 4.78 is 5.88. The Kier molecular flexibility index (Phi) is 5.96. The second kappa shape index (κ2) is 8.08. The van der Waals surface area contributed by atoms with Gasteiger partial charge in [0.2, 0.25) is 0 Å². The molecular formula is C32H53NO2. The van der Waals surface area contributed by atoms with Gasteiger partial charge in [-0.25, -0.2) is 0 Å². The van der Waals surface area contributed by atoms with Crippen molar-refractivity contribution in [2.45, 2.75) is 144 Å². The Hall–Kier alpha value is -0.830. The van der Waals surface area contributed by atoms with E-state index in [-0.39, 0.29) is 22.9 Å². The third-order valence-electron chi connectivity index (χ3n) is 13.0. The molecule has 0 aromatic rings. The number of ether oxygens (including phenoxy) is 1. The van der Waals surface area contributed by atoms with E-state index in [0.717, 1.165) is 24.3 Å². The standard InChI is InChI=1S/C32H53NO2/c1-20(10-13-26-29(5,6)33-26)22-14-18-32(9)24-11-12-25-28(3,4)27(35-21(2)34)16-17-30(25,7)23(24)15-19-31(22,32)8/h20,22,25-27,33H,10-19H2,1-9H3/t20-,22-,25-,26+,27-,30-,31+,32+/m1/s1.